The Labute approximate surface area is 110 Å². The van der Waals surface area contributed by atoms with Crippen molar-refractivity contribution in [3.8, 4) is 0 Å². The van der Waals surface area contributed by atoms with E-state index in [4.69, 9.17) is 11.6 Å². The molecule has 0 bridgehead atoms. The maximum atomic E-state index is 12.1. The van der Waals surface area contributed by atoms with Gasteiger partial charge in [-0.3, -0.25) is 4.79 Å². The van der Waals surface area contributed by atoms with Crippen molar-refractivity contribution < 1.29 is 4.79 Å². The molecule has 1 atom stereocenters. The van der Waals surface area contributed by atoms with Crippen LogP contribution in [0.25, 0.3) is 0 Å². The monoisotopic (exact) mass is 262 g/mol. The molecule has 2 aliphatic carbocycles. The molecule has 3 aliphatic rings. The molecule has 86 valence electrons. The van der Waals surface area contributed by atoms with E-state index in [9.17, 15) is 4.79 Å². The molecule has 0 spiro atoms. The summed E-state index contributed by atoms with van der Waals surface area (Å²) in [6, 6.07) is 0. The fraction of sp³-hybridized carbons (Fsp3) is 0.214. The van der Waals surface area contributed by atoms with Gasteiger partial charge in [0.05, 0.1) is 0 Å². The van der Waals surface area contributed by atoms with Crippen molar-refractivity contribution in [2.45, 2.75) is 11.7 Å². The highest BCUT2D eigenvalue weighted by Gasteiger charge is 2.27. The van der Waals surface area contributed by atoms with Crippen LogP contribution in [0.4, 0.5) is 0 Å². The number of allylic oxidation sites excluding steroid dienone is 7. The maximum Gasteiger partial charge on any atom is 0.167 e. The van der Waals surface area contributed by atoms with Crippen LogP contribution in [0, 0.1) is 0 Å². The van der Waals surface area contributed by atoms with Gasteiger partial charge >= 0.3 is 0 Å². The maximum absolute atomic E-state index is 12.1. The van der Waals surface area contributed by atoms with Gasteiger partial charge < -0.3 is 0 Å². The number of ketones is 1. The molecule has 0 aromatic carbocycles. The van der Waals surface area contributed by atoms with Gasteiger partial charge in [0, 0.05) is 28.0 Å². The first-order valence-corrected chi connectivity index (χ1v) is 7.00. The Hall–Kier alpha value is -0.990. The summed E-state index contributed by atoms with van der Waals surface area (Å²) in [5, 5.41) is 0.963. The zero-order valence-corrected chi connectivity index (χ0v) is 10.7. The second-order valence-corrected chi connectivity index (χ2v) is 5.77. The van der Waals surface area contributed by atoms with Crippen LogP contribution in [-0.4, -0.2) is 16.8 Å². The smallest absolute Gasteiger partial charge is 0.167 e. The number of rotatable bonds is 0. The van der Waals surface area contributed by atoms with Gasteiger partial charge in [0.2, 0.25) is 0 Å². The van der Waals surface area contributed by atoms with Crippen LogP contribution in [0.5, 0.6) is 0 Å². The topological polar surface area (TPSA) is 17.1 Å². The summed E-state index contributed by atoms with van der Waals surface area (Å²) in [5.41, 5.74) is 2.99. The third kappa shape index (κ3) is 1.96. The van der Waals surface area contributed by atoms with E-state index in [0.717, 1.165) is 22.5 Å². The summed E-state index contributed by atoms with van der Waals surface area (Å²) in [7, 11) is 0. The standard InChI is InChI=1S/C14H11ClOS/c15-10-4-5-13-11(8-10)14-9(6-7-17-13)2-1-3-12(14)16/h1-2,4-6,8,13H,3,7H2. The van der Waals surface area contributed by atoms with Gasteiger partial charge in [-0.15, -0.1) is 11.8 Å². The lowest BCUT2D eigenvalue weighted by Gasteiger charge is -2.20. The number of hydrogen-bond donors (Lipinski definition) is 0. The summed E-state index contributed by atoms with van der Waals surface area (Å²) in [6.45, 7) is 0. The van der Waals surface area contributed by atoms with Crippen molar-refractivity contribution in [1.29, 1.82) is 0 Å². The summed E-state index contributed by atoms with van der Waals surface area (Å²) < 4.78 is 0. The number of halogens is 1. The van der Waals surface area contributed by atoms with E-state index in [2.05, 4.69) is 12.2 Å². The lowest BCUT2D eigenvalue weighted by Crippen LogP contribution is -2.15. The number of hydrogen-bond acceptors (Lipinski definition) is 2. The van der Waals surface area contributed by atoms with Crippen molar-refractivity contribution in [3.63, 3.8) is 0 Å². The van der Waals surface area contributed by atoms with Crippen molar-refractivity contribution in [2.24, 2.45) is 0 Å². The minimum Gasteiger partial charge on any atom is -0.294 e. The van der Waals surface area contributed by atoms with Crippen molar-refractivity contribution >= 4 is 29.1 Å². The van der Waals surface area contributed by atoms with Crippen LogP contribution >= 0.6 is 23.4 Å². The average molecular weight is 263 g/mol. The Morgan fingerprint density at radius 3 is 3.12 bits per heavy atom. The van der Waals surface area contributed by atoms with E-state index in [1.165, 1.54) is 0 Å². The molecule has 0 radical (unpaired) electrons. The van der Waals surface area contributed by atoms with E-state index in [1.54, 1.807) is 0 Å². The van der Waals surface area contributed by atoms with E-state index < -0.39 is 0 Å². The normalized spacial score (nSPS) is 27.1. The summed E-state index contributed by atoms with van der Waals surface area (Å²) >= 11 is 7.88. The number of carbonyl (C=O) groups excluding carboxylic acids is 1. The minimum absolute atomic E-state index is 0.206. The van der Waals surface area contributed by atoms with Gasteiger partial charge in [-0.1, -0.05) is 35.9 Å². The molecular weight excluding hydrogens is 252 g/mol. The predicted molar refractivity (Wildman–Crippen MR) is 73.2 cm³/mol. The Balaban J connectivity index is 2.20. The molecule has 3 rings (SSSR count). The molecule has 3 heteroatoms. The van der Waals surface area contributed by atoms with Gasteiger partial charge in [-0.2, -0.15) is 0 Å². The highest BCUT2D eigenvalue weighted by molar-refractivity contribution is 8.00. The largest absolute Gasteiger partial charge is 0.294 e. The Morgan fingerprint density at radius 1 is 1.35 bits per heavy atom. The first kappa shape index (κ1) is 11.1. The minimum atomic E-state index is 0.206. The molecule has 1 nitrogen and oxygen atoms in total. The van der Waals surface area contributed by atoms with E-state index >= 15 is 0 Å². The fourth-order valence-electron chi connectivity index (χ4n) is 2.30. The van der Waals surface area contributed by atoms with E-state index in [1.807, 2.05) is 36.1 Å². The van der Waals surface area contributed by atoms with E-state index in [0.29, 0.717) is 11.5 Å². The highest BCUT2D eigenvalue weighted by atomic mass is 35.5. The molecule has 0 saturated heterocycles. The molecule has 0 aromatic heterocycles. The first-order chi connectivity index (χ1) is 8.25. The summed E-state index contributed by atoms with van der Waals surface area (Å²) in [6.07, 6.45) is 12.6. The third-order valence-corrected chi connectivity index (χ3v) is 4.43. The van der Waals surface area contributed by atoms with Crippen LogP contribution in [0.3, 0.4) is 0 Å². The highest BCUT2D eigenvalue weighted by Crippen LogP contribution is 2.37. The Kier molecular flexibility index (Phi) is 2.85. The number of thioether (sulfide) groups is 1. The Bertz CT molecular complexity index is 534. The molecule has 0 N–H and O–H groups in total. The lowest BCUT2D eigenvalue weighted by molar-refractivity contribution is -0.114. The lowest BCUT2D eigenvalue weighted by atomic mass is 9.87. The van der Waals surface area contributed by atoms with Crippen LogP contribution in [0.1, 0.15) is 6.42 Å². The SMILES string of the molecule is O=C1CC=CC2=CCSC3C=CC(Cl)=CC3=C12. The third-order valence-electron chi connectivity index (χ3n) is 3.07. The van der Waals surface area contributed by atoms with Crippen LogP contribution in [-0.2, 0) is 4.79 Å². The molecule has 1 heterocycles. The molecule has 1 unspecified atom stereocenters. The molecule has 0 fully saturated rings. The molecular formula is C14H11ClOS. The van der Waals surface area contributed by atoms with E-state index in [-0.39, 0.29) is 11.0 Å². The number of carbonyl (C=O) groups is 1. The molecule has 0 saturated carbocycles. The quantitative estimate of drug-likeness (QED) is 0.664. The number of Topliss-reactive ketones (excluding diaryl/α,β-unsaturated/α-hetero) is 1. The Morgan fingerprint density at radius 2 is 2.24 bits per heavy atom. The number of fused-ring (bicyclic) bond motifs is 2. The summed E-state index contributed by atoms with van der Waals surface area (Å²) in [5.74, 6) is 1.14. The first-order valence-electron chi connectivity index (χ1n) is 5.57. The van der Waals surface area contributed by atoms with Crippen molar-refractivity contribution in [3.05, 3.63) is 58.2 Å². The van der Waals surface area contributed by atoms with Gasteiger partial charge in [0.25, 0.3) is 0 Å². The molecule has 0 amide bonds. The van der Waals surface area contributed by atoms with Gasteiger partial charge in [-0.25, -0.2) is 0 Å². The average Bonchev–Trinajstić information content (AvgIpc) is 2.49. The zero-order valence-electron chi connectivity index (χ0n) is 9.15. The predicted octanol–water partition coefficient (Wildman–Crippen LogP) is 3.55. The van der Waals surface area contributed by atoms with Gasteiger partial charge in [0.1, 0.15) is 0 Å². The van der Waals surface area contributed by atoms with Crippen LogP contribution < -0.4 is 0 Å². The van der Waals surface area contributed by atoms with Crippen molar-refractivity contribution in [2.75, 3.05) is 5.75 Å². The fourth-order valence-corrected chi connectivity index (χ4v) is 3.53. The molecule has 1 aliphatic heterocycles. The molecule has 17 heavy (non-hydrogen) atoms. The second-order valence-electron chi connectivity index (χ2n) is 4.16. The van der Waals surface area contributed by atoms with Crippen LogP contribution in [0.15, 0.2) is 58.2 Å². The van der Waals surface area contributed by atoms with Gasteiger partial charge in [0.15, 0.2) is 5.78 Å². The zero-order chi connectivity index (χ0) is 11.8. The van der Waals surface area contributed by atoms with Crippen LogP contribution in [0.2, 0.25) is 0 Å². The molecule has 0 aromatic rings. The van der Waals surface area contributed by atoms with Gasteiger partial charge in [-0.05, 0) is 23.3 Å². The summed E-state index contributed by atoms with van der Waals surface area (Å²) in [4.78, 5) is 12.1. The second kappa shape index (κ2) is 4.35. The van der Waals surface area contributed by atoms with Crippen molar-refractivity contribution in [1.82, 2.24) is 0 Å².